The maximum absolute atomic E-state index is 9.33. The van der Waals surface area contributed by atoms with Gasteiger partial charge in [-0.15, -0.1) is 0 Å². The van der Waals surface area contributed by atoms with Gasteiger partial charge in [0.2, 0.25) is 0 Å². The molecule has 2 aromatic rings. The van der Waals surface area contributed by atoms with E-state index in [1.165, 1.54) is 0 Å². The Balaban J connectivity index is 2.20. The standard InChI is InChI=1S/C16H14Br3NOSi/c17-22(18,19)11-5-10-21-16-14(12-20)8-4-9-15(16)13-6-2-1-3-7-13/h1-4,6-9H,5,10-11H2. The van der Waals surface area contributed by atoms with E-state index in [9.17, 15) is 5.26 Å². The molecular weight excluding hydrogens is 490 g/mol. The predicted octanol–water partition coefficient (Wildman–Crippen LogP) is 6.12. The number of hydrogen-bond donors (Lipinski definition) is 0. The first-order valence-electron chi connectivity index (χ1n) is 6.79. The third kappa shape index (κ3) is 5.23. The molecule has 6 heteroatoms. The highest BCUT2D eigenvalue weighted by Gasteiger charge is 2.21. The van der Waals surface area contributed by atoms with Gasteiger partial charge < -0.3 is 4.74 Å². The number of hydrogen-bond acceptors (Lipinski definition) is 2. The average molecular weight is 504 g/mol. The van der Waals surface area contributed by atoms with E-state index in [1.54, 1.807) is 6.07 Å². The molecule has 0 aliphatic heterocycles. The van der Waals surface area contributed by atoms with E-state index in [-0.39, 0.29) is 0 Å². The fourth-order valence-corrected chi connectivity index (χ4v) is 5.14. The zero-order valence-electron chi connectivity index (χ0n) is 11.7. The molecule has 0 fully saturated rings. The van der Waals surface area contributed by atoms with Crippen molar-refractivity contribution < 1.29 is 4.74 Å². The summed E-state index contributed by atoms with van der Waals surface area (Å²) in [7, 11) is 0. The molecule has 114 valence electrons. The van der Waals surface area contributed by atoms with Gasteiger partial charge in [0.25, 0.3) is 3.93 Å². The van der Waals surface area contributed by atoms with E-state index in [0.29, 0.717) is 17.9 Å². The zero-order valence-corrected chi connectivity index (χ0v) is 17.5. The van der Waals surface area contributed by atoms with E-state index in [0.717, 1.165) is 23.6 Å². The largest absolute Gasteiger partial charge is 0.492 e. The first kappa shape index (κ1) is 17.7. The third-order valence-corrected chi connectivity index (χ3v) is 7.56. The summed E-state index contributed by atoms with van der Waals surface area (Å²) in [5, 5.41) is 9.33. The summed E-state index contributed by atoms with van der Waals surface area (Å²) in [4.78, 5) is 0. The number of rotatable bonds is 6. The van der Waals surface area contributed by atoms with Crippen LogP contribution in [0.25, 0.3) is 11.1 Å². The Morgan fingerprint density at radius 2 is 1.73 bits per heavy atom. The molecule has 0 aliphatic rings. The highest BCUT2D eigenvalue weighted by Crippen LogP contribution is 2.35. The predicted molar refractivity (Wildman–Crippen MR) is 104 cm³/mol. The van der Waals surface area contributed by atoms with E-state index in [2.05, 4.69) is 51.9 Å². The molecule has 0 saturated heterocycles. The van der Waals surface area contributed by atoms with E-state index >= 15 is 0 Å². The molecule has 0 aromatic heterocycles. The molecule has 0 bridgehead atoms. The Kier molecular flexibility index (Phi) is 6.69. The molecule has 22 heavy (non-hydrogen) atoms. The molecule has 0 amide bonds. The van der Waals surface area contributed by atoms with Crippen LogP contribution in [0.5, 0.6) is 5.75 Å². The van der Waals surface area contributed by atoms with Gasteiger partial charge in [-0.25, -0.2) is 0 Å². The minimum Gasteiger partial charge on any atom is -0.492 e. The quantitative estimate of drug-likeness (QED) is 0.270. The summed E-state index contributed by atoms with van der Waals surface area (Å²) >= 11 is 10.8. The Hall–Kier alpha value is -0.613. The summed E-state index contributed by atoms with van der Waals surface area (Å²) < 4.78 is 4.34. The topological polar surface area (TPSA) is 33.0 Å². The number of para-hydroxylation sites is 1. The van der Waals surface area contributed by atoms with Crippen molar-refractivity contribution in [2.75, 3.05) is 6.61 Å². The summed E-state index contributed by atoms with van der Waals surface area (Å²) in [5.41, 5.74) is 2.58. The highest BCUT2D eigenvalue weighted by molar-refractivity contribution is 9.72. The molecule has 0 N–H and O–H groups in total. The van der Waals surface area contributed by atoms with Crippen LogP contribution in [0.3, 0.4) is 0 Å². The summed E-state index contributed by atoms with van der Waals surface area (Å²) in [6.45, 7) is 0.579. The minimum absolute atomic E-state index is 0.571. The first-order chi connectivity index (χ1) is 10.5. The Morgan fingerprint density at radius 1 is 1.00 bits per heavy atom. The number of nitrogens with zero attached hydrogens (tertiary/aromatic N) is 1. The lowest BCUT2D eigenvalue weighted by Crippen LogP contribution is -2.09. The zero-order chi connectivity index (χ0) is 16.0. The van der Waals surface area contributed by atoms with Crippen LogP contribution in [0.2, 0.25) is 6.04 Å². The third-order valence-electron chi connectivity index (χ3n) is 3.07. The molecule has 0 aliphatic carbocycles. The van der Waals surface area contributed by atoms with Crippen molar-refractivity contribution >= 4 is 49.8 Å². The SMILES string of the molecule is N#Cc1cccc(-c2ccccc2)c1OCCC[Si](Br)(Br)Br. The second-order valence-corrected chi connectivity index (χ2v) is 28.2. The van der Waals surface area contributed by atoms with Crippen molar-refractivity contribution in [3.05, 3.63) is 54.1 Å². The van der Waals surface area contributed by atoms with Gasteiger partial charge in [-0.3, -0.25) is 0 Å². The van der Waals surface area contributed by atoms with Crippen LogP contribution < -0.4 is 4.74 Å². The normalized spacial score (nSPS) is 11.0. The van der Waals surface area contributed by atoms with Gasteiger partial charge in [-0.05, 0) is 24.1 Å². The Morgan fingerprint density at radius 3 is 2.36 bits per heavy atom. The lowest BCUT2D eigenvalue weighted by molar-refractivity contribution is 0.318. The number of nitriles is 1. The van der Waals surface area contributed by atoms with E-state index in [4.69, 9.17) is 4.74 Å². The van der Waals surface area contributed by atoms with Gasteiger partial charge in [0.15, 0.2) is 0 Å². The van der Waals surface area contributed by atoms with Gasteiger partial charge in [-0.2, -0.15) is 5.26 Å². The van der Waals surface area contributed by atoms with Crippen LogP contribution in [0.15, 0.2) is 48.5 Å². The van der Waals surface area contributed by atoms with E-state index < -0.39 is 3.93 Å². The number of benzene rings is 2. The first-order valence-corrected chi connectivity index (χ1v) is 15.8. The summed E-state index contributed by atoms with van der Waals surface area (Å²) in [5.74, 6) is 0.669. The van der Waals surface area contributed by atoms with Crippen molar-refractivity contribution in [1.82, 2.24) is 0 Å². The Bertz CT molecular complexity index is 665. The molecule has 0 spiro atoms. The van der Waals surface area contributed by atoms with Crippen LogP contribution in [0.1, 0.15) is 12.0 Å². The molecule has 2 rings (SSSR count). The summed E-state index contributed by atoms with van der Waals surface area (Å²) in [6, 6.07) is 18.9. The average Bonchev–Trinajstić information content (AvgIpc) is 2.51. The molecular formula is C16H14Br3NOSi. The number of halogens is 3. The molecule has 0 saturated carbocycles. The summed E-state index contributed by atoms with van der Waals surface area (Å²) in [6.07, 6.45) is 0.905. The molecule has 0 radical (unpaired) electrons. The maximum atomic E-state index is 9.33. The van der Waals surface area contributed by atoms with E-state index in [1.807, 2.05) is 42.5 Å². The molecule has 2 aromatic carbocycles. The van der Waals surface area contributed by atoms with Crippen LogP contribution in [-0.4, -0.2) is 10.5 Å². The smallest absolute Gasteiger partial charge is 0.267 e. The molecule has 2 nitrogen and oxygen atoms in total. The monoisotopic (exact) mass is 501 g/mol. The van der Waals surface area contributed by atoms with Crippen LogP contribution in [0.4, 0.5) is 0 Å². The lowest BCUT2D eigenvalue weighted by atomic mass is 10.0. The lowest BCUT2D eigenvalue weighted by Gasteiger charge is -2.14. The van der Waals surface area contributed by atoms with Crippen LogP contribution >= 0.6 is 45.9 Å². The second-order valence-electron chi connectivity index (χ2n) is 4.73. The fraction of sp³-hybridized carbons (Fsp3) is 0.188. The highest BCUT2D eigenvalue weighted by atomic mass is 80.0. The van der Waals surface area contributed by atoms with Gasteiger partial charge in [0.1, 0.15) is 11.8 Å². The van der Waals surface area contributed by atoms with Gasteiger partial charge in [0, 0.05) is 5.56 Å². The van der Waals surface area contributed by atoms with Gasteiger partial charge >= 0.3 is 0 Å². The van der Waals surface area contributed by atoms with Crippen molar-refractivity contribution in [2.24, 2.45) is 0 Å². The van der Waals surface area contributed by atoms with Crippen molar-refractivity contribution in [2.45, 2.75) is 12.5 Å². The fourth-order valence-electron chi connectivity index (χ4n) is 2.07. The molecule has 0 unspecified atom stereocenters. The minimum atomic E-state index is -1.60. The second kappa shape index (κ2) is 8.30. The van der Waals surface area contributed by atoms with Gasteiger partial charge in [-0.1, -0.05) is 88.3 Å². The van der Waals surface area contributed by atoms with Crippen molar-refractivity contribution in [1.29, 1.82) is 5.26 Å². The maximum Gasteiger partial charge on any atom is 0.267 e. The Labute approximate surface area is 155 Å². The van der Waals surface area contributed by atoms with Crippen molar-refractivity contribution in [3.63, 3.8) is 0 Å². The molecule has 0 atom stereocenters. The van der Waals surface area contributed by atoms with Crippen LogP contribution in [-0.2, 0) is 0 Å². The number of ether oxygens (including phenoxy) is 1. The van der Waals surface area contributed by atoms with Gasteiger partial charge in [0.05, 0.1) is 12.2 Å². The molecule has 0 heterocycles. The van der Waals surface area contributed by atoms with Crippen LogP contribution in [0, 0.1) is 11.3 Å². The van der Waals surface area contributed by atoms with Crippen molar-refractivity contribution in [3.8, 4) is 22.9 Å².